The van der Waals surface area contributed by atoms with Gasteiger partial charge in [-0.3, -0.25) is 0 Å². The lowest BCUT2D eigenvalue weighted by molar-refractivity contribution is -0.143. The van der Waals surface area contributed by atoms with Crippen molar-refractivity contribution >= 4 is 12.0 Å². The van der Waals surface area contributed by atoms with Gasteiger partial charge in [-0.25, -0.2) is 9.59 Å². The van der Waals surface area contributed by atoms with Gasteiger partial charge in [-0.05, 0) is 24.5 Å². The lowest BCUT2D eigenvalue weighted by atomic mass is 10.0. The monoisotopic (exact) mass is 338 g/mol. The maximum absolute atomic E-state index is 12.1. The Morgan fingerprint density at radius 3 is 2.38 bits per heavy atom. The molecule has 0 saturated heterocycles. The number of esters is 1. The lowest BCUT2D eigenvalue weighted by Gasteiger charge is -2.19. The van der Waals surface area contributed by atoms with Crippen molar-refractivity contribution in [1.29, 1.82) is 0 Å². The average Bonchev–Trinajstić information content (AvgIpc) is 2.57. The fourth-order valence-corrected chi connectivity index (χ4v) is 2.21. The molecule has 0 fully saturated rings. The molecule has 7 nitrogen and oxygen atoms in total. The Morgan fingerprint density at radius 1 is 1.12 bits per heavy atom. The van der Waals surface area contributed by atoms with Crippen LogP contribution >= 0.6 is 0 Å². The molecule has 2 amide bonds. The zero-order chi connectivity index (χ0) is 18.1. The van der Waals surface area contributed by atoms with Gasteiger partial charge in [0.2, 0.25) is 0 Å². The molecule has 0 spiro atoms. The van der Waals surface area contributed by atoms with E-state index < -0.39 is 18.0 Å². The summed E-state index contributed by atoms with van der Waals surface area (Å²) in [5, 5.41) is 5.35. The number of hydrogen-bond donors (Lipinski definition) is 2. The zero-order valence-electron chi connectivity index (χ0n) is 14.8. The Labute approximate surface area is 142 Å². The van der Waals surface area contributed by atoms with Crippen molar-refractivity contribution in [3.05, 3.63) is 23.8 Å². The van der Waals surface area contributed by atoms with Crippen molar-refractivity contribution in [2.75, 3.05) is 21.3 Å². The highest BCUT2D eigenvalue weighted by Gasteiger charge is 2.22. The van der Waals surface area contributed by atoms with Crippen LogP contribution in [0.3, 0.4) is 0 Å². The first kappa shape index (κ1) is 19.6. The summed E-state index contributed by atoms with van der Waals surface area (Å²) in [6.07, 6.45) is 0.506. The summed E-state index contributed by atoms with van der Waals surface area (Å²) >= 11 is 0. The second-order valence-corrected chi connectivity index (χ2v) is 5.71. The van der Waals surface area contributed by atoms with Crippen LogP contribution in [-0.4, -0.2) is 39.4 Å². The lowest BCUT2D eigenvalue weighted by Crippen LogP contribution is -2.46. The van der Waals surface area contributed by atoms with Crippen molar-refractivity contribution in [2.24, 2.45) is 5.92 Å². The number of benzene rings is 1. The van der Waals surface area contributed by atoms with Gasteiger partial charge in [-0.2, -0.15) is 0 Å². The molecular formula is C17H26N2O5. The van der Waals surface area contributed by atoms with Crippen LogP contribution in [0.25, 0.3) is 0 Å². The molecule has 1 atom stereocenters. The summed E-state index contributed by atoms with van der Waals surface area (Å²) in [5.41, 5.74) is 0.798. The minimum atomic E-state index is -0.673. The van der Waals surface area contributed by atoms with Gasteiger partial charge in [0.05, 0.1) is 21.3 Å². The molecule has 24 heavy (non-hydrogen) atoms. The van der Waals surface area contributed by atoms with E-state index in [-0.39, 0.29) is 12.5 Å². The van der Waals surface area contributed by atoms with Crippen molar-refractivity contribution < 1.29 is 23.8 Å². The number of ether oxygens (including phenoxy) is 3. The highest BCUT2D eigenvalue weighted by molar-refractivity contribution is 5.83. The van der Waals surface area contributed by atoms with Crippen LogP contribution in [0.5, 0.6) is 11.5 Å². The summed E-state index contributed by atoms with van der Waals surface area (Å²) in [5.74, 6) is 1.07. The van der Waals surface area contributed by atoms with Crippen molar-refractivity contribution in [1.82, 2.24) is 10.6 Å². The van der Waals surface area contributed by atoms with Crippen LogP contribution in [0, 0.1) is 5.92 Å². The molecule has 0 aliphatic rings. The van der Waals surface area contributed by atoms with E-state index in [1.54, 1.807) is 26.4 Å². The topological polar surface area (TPSA) is 85.9 Å². The number of hydrogen-bond acceptors (Lipinski definition) is 5. The van der Waals surface area contributed by atoms with Crippen LogP contribution < -0.4 is 20.1 Å². The van der Waals surface area contributed by atoms with Gasteiger partial charge < -0.3 is 24.8 Å². The number of rotatable bonds is 8. The van der Waals surface area contributed by atoms with Crippen LogP contribution in [0.4, 0.5) is 4.79 Å². The van der Waals surface area contributed by atoms with E-state index in [1.807, 2.05) is 19.9 Å². The first-order valence-corrected chi connectivity index (χ1v) is 7.74. The maximum Gasteiger partial charge on any atom is 0.328 e. The Morgan fingerprint density at radius 2 is 1.83 bits per heavy atom. The third-order valence-electron chi connectivity index (χ3n) is 3.43. The normalized spacial score (nSPS) is 11.6. The predicted octanol–water partition coefficient (Wildman–Crippen LogP) is 2.09. The van der Waals surface area contributed by atoms with Crippen LogP contribution in [0.1, 0.15) is 25.8 Å². The fourth-order valence-electron chi connectivity index (χ4n) is 2.21. The minimum Gasteiger partial charge on any atom is -0.497 e. The van der Waals surface area contributed by atoms with Gasteiger partial charge >= 0.3 is 12.0 Å². The van der Waals surface area contributed by atoms with Gasteiger partial charge in [0.1, 0.15) is 17.5 Å². The van der Waals surface area contributed by atoms with Crippen molar-refractivity contribution in [2.45, 2.75) is 32.9 Å². The highest BCUT2D eigenvalue weighted by atomic mass is 16.5. The molecule has 0 heterocycles. The highest BCUT2D eigenvalue weighted by Crippen LogP contribution is 2.24. The molecular weight excluding hydrogens is 312 g/mol. The molecule has 0 radical (unpaired) electrons. The van der Waals surface area contributed by atoms with Crippen molar-refractivity contribution in [3.8, 4) is 11.5 Å². The molecule has 0 aliphatic heterocycles. The van der Waals surface area contributed by atoms with E-state index >= 15 is 0 Å². The molecule has 0 aliphatic carbocycles. The molecule has 7 heteroatoms. The van der Waals surface area contributed by atoms with Gasteiger partial charge in [0.25, 0.3) is 0 Å². The molecule has 134 valence electrons. The van der Waals surface area contributed by atoms with E-state index in [0.29, 0.717) is 17.9 Å². The maximum atomic E-state index is 12.1. The summed E-state index contributed by atoms with van der Waals surface area (Å²) in [7, 11) is 4.42. The van der Waals surface area contributed by atoms with Crippen LogP contribution in [0.2, 0.25) is 0 Å². The number of methoxy groups -OCH3 is 3. The molecule has 0 unspecified atom stereocenters. The standard InChI is InChI=1S/C17H26N2O5/c1-11(2)8-14(16(20)24-5)19-17(21)18-10-12-6-7-13(22-3)9-15(12)23-4/h6-7,9,11,14H,8,10H2,1-5H3,(H2,18,19,21)/t14-/m0/s1. The third kappa shape index (κ3) is 5.98. The number of amides is 2. The molecule has 2 N–H and O–H groups in total. The molecule has 1 aromatic carbocycles. The Kier molecular flexibility index (Phi) is 7.88. The number of nitrogens with one attached hydrogen (secondary N) is 2. The van der Waals surface area contributed by atoms with E-state index in [1.165, 1.54) is 7.11 Å². The number of carbonyl (C=O) groups excluding carboxylic acids is 2. The molecule has 0 bridgehead atoms. The molecule has 0 aromatic heterocycles. The molecule has 1 aromatic rings. The zero-order valence-corrected chi connectivity index (χ0v) is 14.8. The first-order valence-electron chi connectivity index (χ1n) is 7.74. The van der Waals surface area contributed by atoms with Gasteiger partial charge in [0, 0.05) is 18.2 Å². The number of urea groups is 1. The van der Waals surface area contributed by atoms with Crippen LogP contribution in [-0.2, 0) is 16.1 Å². The van der Waals surface area contributed by atoms with E-state index in [0.717, 1.165) is 5.56 Å². The van der Waals surface area contributed by atoms with Gasteiger partial charge in [-0.15, -0.1) is 0 Å². The van der Waals surface area contributed by atoms with E-state index in [9.17, 15) is 9.59 Å². The summed E-state index contributed by atoms with van der Waals surface area (Å²) in [4.78, 5) is 23.8. The summed E-state index contributed by atoms with van der Waals surface area (Å²) in [6, 6.07) is 4.22. The summed E-state index contributed by atoms with van der Waals surface area (Å²) in [6.45, 7) is 4.20. The van der Waals surface area contributed by atoms with E-state index in [2.05, 4.69) is 10.6 Å². The Bertz CT molecular complexity index is 560. The first-order chi connectivity index (χ1) is 11.4. The van der Waals surface area contributed by atoms with E-state index in [4.69, 9.17) is 14.2 Å². The third-order valence-corrected chi connectivity index (χ3v) is 3.43. The largest absolute Gasteiger partial charge is 0.497 e. The van der Waals surface area contributed by atoms with Gasteiger partial charge in [0.15, 0.2) is 0 Å². The van der Waals surface area contributed by atoms with Gasteiger partial charge in [-0.1, -0.05) is 13.8 Å². The number of carbonyl (C=O) groups is 2. The van der Waals surface area contributed by atoms with Crippen molar-refractivity contribution in [3.63, 3.8) is 0 Å². The quantitative estimate of drug-likeness (QED) is 0.709. The molecule has 1 rings (SSSR count). The second-order valence-electron chi connectivity index (χ2n) is 5.71. The van der Waals surface area contributed by atoms with Crippen LogP contribution in [0.15, 0.2) is 18.2 Å². The molecule has 0 saturated carbocycles. The average molecular weight is 338 g/mol. The SMILES string of the molecule is COC(=O)[C@H](CC(C)C)NC(=O)NCc1ccc(OC)cc1OC. The predicted molar refractivity (Wildman–Crippen MR) is 90.2 cm³/mol. The fraction of sp³-hybridized carbons (Fsp3) is 0.529. The minimum absolute atomic E-state index is 0.246. The second kappa shape index (κ2) is 9.64. The Balaban J connectivity index is 2.66. The summed E-state index contributed by atoms with van der Waals surface area (Å²) < 4.78 is 15.1. The Hall–Kier alpha value is -2.44. The smallest absolute Gasteiger partial charge is 0.328 e.